The third kappa shape index (κ3) is 8.53. The van der Waals surface area contributed by atoms with Crippen LogP contribution in [0.2, 0.25) is 0 Å². The van der Waals surface area contributed by atoms with E-state index in [0.717, 1.165) is 0 Å². The maximum Gasteiger partial charge on any atom is 0.317 e. The SMILES string of the molecule is C=CCN(CCO)C(=O)NC(CC(=O)O)CC(C)(C)C. The normalized spacial score (nSPS) is 12.6. The van der Waals surface area contributed by atoms with Gasteiger partial charge in [-0.2, -0.15) is 0 Å². The second-order valence-electron chi connectivity index (χ2n) is 5.97. The Kier molecular flexibility index (Phi) is 7.91. The Hall–Kier alpha value is -1.56. The number of nitrogens with one attached hydrogen (secondary N) is 1. The predicted octanol–water partition coefficient (Wildman–Crippen LogP) is 1.46. The largest absolute Gasteiger partial charge is 0.481 e. The molecule has 0 aromatic heterocycles. The first-order valence-electron chi connectivity index (χ1n) is 6.68. The summed E-state index contributed by atoms with van der Waals surface area (Å²) in [6.07, 6.45) is 2.00. The molecule has 0 aliphatic carbocycles. The number of nitrogens with zero attached hydrogens (tertiary/aromatic N) is 1. The number of hydrogen-bond donors (Lipinski definition) is 3. The van der Waals surface area contributed by atoms with Crippen molar-refractivity contribution in [3.05, 3.63) is 12.7 Å². The molecule has 0 bridgehead atoms. The third-order valence-electron chi connectivity index (χ3n) is 2.61. The summed E-state index contributed by atoms with van der Waals surface area (Å²) < 4.78 is 0. The van der Waals surface area contributed by atoms with Gasteiger partial charge in [0.2, 0.25) is 0 Å². The fourth-order valence-electron chi connectivity index (χ4n) is 1.94. The van der Waals surface area contributed by atoms with Gasteiger partial charge in [0, 0.05) is 19.1 Å². The summed E-state index contributed by atoms with van der Waals surface area (Å²) in [5.41, 5.74) is -0.0896. The quantitative estimate of drug-likeness (QED) is 0.589. The zero-order chi connectivity index (χ0) is 15.8. The van der Waals surface area contributed by atoms with Crippen LogP contribution < -0.4 is 5.32 Å². The first kappa shape index (κ1) is 18.4. The number of carboxylic acids is 1. The van der Waals surface area contributed by atoms with E-state index in [1.165, 1.54) is 4.90 Å². The third-order valence-corrected chi connectivity index (χ3v) is 2.61. The summed E-state index contributed by atoms with van der Waals surface area (Å²) in [4.78, 5) is 24.3. The van der Waals surface area contributed by atoms with Crippen LogP contribution in [0.1, 0.15) is 33.6 Å². The smallest absolute Gasteiger partial charge is 0.317 e. The van der Waals surface area contributed by atoms with Crippen molar-refractivity contribution in [3.63, 3.8) is 0 Å². The van der Waals surface area contributed by atoms with Crippen LogP contribution in [-0.2, 0) is 4.79 Å². The highest BCUT2D eigenvalue weighted by atomic mass is 16.4. The first-order valence-corrected chi connectivity index (χ1v) is 6.68. The van der Waals surface area contributed by atoms with Gasteiger partial charge >= 0.3 is 12.0 Å². The number of aliphatic hydroxyl groups is 1. The van der Waals surface area contributed by atoms with Gasteiger partial charge in [-0.05, 0) is 11.8 Å². The maximum atomic E-state index is 12.1. The second kappa shape index (κ2) is 8.58. The van der Waals surface area contributed by atoms with Crippen molar-refractivity contribution in [2.45, 2.75) is 39.7 Å². The minimum Gasteiger partial charge on any atom is -0.481 e. The van der Waals surface area contributed by atoms with E-state index in [-0.39, 0.29) is 31.0 Å². The molecule has 1 unspecified atom stereocenters. The van der Waals surface area contributed by atoms with E-state index >= 15 is 0 Å². The summed E-state index contributed by atoms with van der Waals surface area (Å²) in [6.45, 7) is 9.87. The van der Waals surface area contributed by atoms with Crippen LogP contribution in [0.4, 0.5) is 4.79 Å². The Morgan fingerprint density at radius 3 is 2.40 bits per heavy atom. The van der Waals surface area contributed by atoms with Crippen molar-refractivity contribution >= 4 is 12.0 Å². The Bertz CT molecular complexity index is 337. The monoisotopic (exact) mass is 286 g/mol. The molecule has 0 spiro atoms. The number of carboxylic acid groups (broad SMARTS) is 1. The molecule has 2 amide bonds. The second-order valence-corrected chi connectivity index (χ2v) is 5.97. The van der Waals surface area contributed by atoms with Crippen LogP contribution in [0.25, 0.3) is 0 Å². The van der Waals surface area contributed by atoms with E-state index in [4.69, 9.17) is 10.2 Å². The minimum atomic E-state index is -0.947. The molecule has 6 nitrogen and oxygen atoms in total. The van der Waals surface area contributed by atoms with Gasteiger partial charge in [-0.15, -0.1) is 6.58 Å². The van der Waals surface area contributed by atoms with Crippen LogP contribution in [0.15, 0.2) is 12.7 Å². The van der Waals surface area contributed by atoms with Gasteiger partial charge in [-0.3, -0.25) is 4.79 Å². The van der Waals surface area contributed by atoms with Crippen LogP contribution in [-0.4, -0.2) is 52.9 Å². The lowest BCUT2D eigenvalue weighted by molar-refractivity contribution is -0.137. The molecule has 0 radical (unpaired) electrons. The predicted molar refractivity (Wildman–Crippen MR) is 77.5 cm³/mol. The fraction of sp³-hybridized carbons (Fsp3) is 0.714. The van der Waals surface area contributed by atoms with E-state index in [9.17, 15) is 9.59 Å². The number of amides is 2. The summed E-state index contributed by atoms with van der Waals surface area (Å²) in [7, 11) is 0. The molecular formula is C14H26N2O4. The van der Waals surface area contributed by atoms with Crippen LogP contribution >= 0.6 is 0 Å². The molecule has 3 N–H and O–H groups in total. The van der Waals surface area contributed by atoms with E-state index < -0.39 is 12.0 Å². The molecule has 0 heterocycles. The molecule has 0 aliphatic heterocycles. The first-order chi connectivity index (χ1) is 9.19. The van der Waals surface area contributed by atoms with Crippen molar-refractivity contribution in [1.82, 2.24) is 10.2 Å². The number of aliphatic hydroxyl groups excluding tert-OH is 1. The van der Waals surface area contributed by atoms with Gasteiger partial charge in [0.1, 0.15) is 0 Å². The highest BCUT2D eigenvalue weighted by molar-refractivity contribution is 5.76. The minimum absolute atomic E-state index is 0.0896. The lowest BCUT2D eigenvalue weighted by Gasteiger charge is -2.28. The van der Waals surface area contributed by atoms with Crippen molar-refractivity contribution in [1.29, 1.82) is 0 Å². The Morgan fingerprint density at radius 2 is 2.00 bits per heavy atom. The maximum absolute atomic E-state index is 12.1. The lowest BCUT2D eigenvalue weighted by Crippen LogP contribution is -2.47. The molecule has 0 aromatic carbocycles. The van der Waals surface area contributed by atoms with Gasteiger partial charge in [-0.1, -0.05) is 26.8 Å². The summed E-state index contributed by atoms with van der Waals surface area (Å²) in [6, 6.07) is -0.819. The van der Waals surface area contributed by atoms with Gasteiger partial charge in [0.05, 0.1) is 13.0 Å². The zero-order valence-corrected chi connectivity index (χ0v) is 12.6. The lowest BCUT2D eigenvalue weighted by atomic mass is 9.87. The number of urea groups is 1. The molecular weight excluding hydrogens is 260 g/mol. The molecule has 0 saturated heterocycles. The van der Waals surface area contributed by atoms with Crippen molar-refractivity contribution in [2.75, 3.05) is 19.7 Å². The van der Waals surface area contributed by atoms with E-state index in [2.05, 4.69) is 11.9 Å². The highest BCUT2D eigenvalue weighted by Crippen LogP contribution is 2.22. The molecule has 1 atom stereocenters. The number of hydrogen-bond acceptors (Lipinski definition) is 3. The summed E-state index contributed by atoms with van der Waals surface area (Å²) >= 11 is 0. The van der Waals surface area contributed by atoms with Crippen LogP contribution in [0.5, 0.6) is 0 Å². The fourth-order valence-corrected chi connectivity index (χ4v) is 1.94. The number of carbonyl (C=O) groups excluding carboxylic acids is 1. The molecule has 0 saturated carbocycles. The highest BCUT2D eigenvalue weighted by Gasteiger charge is 2.24. The van der Waals surface area contributed by atoms with Gasteiger partial charge in [0.15, 0.2) is 0 Å². The molecule has 6 heteroatoms. The average Bonchev–Trinajstić information content (AvgIpc) is 2.25. The van der Waals surface area contributed by atoms with E-state index in [1.54, 1.807) is 6.08 Å². The van der Waals surface area contributed by atoms with E-state index in [1.807, 2.05) is 20.8 Å². The van der Waals surface area contributed by atoms with Crippen molar-refractivity contribution < 1.29 is 19.8 Å². The molecule has 0 aromatic rings. The van der Waals surface area contributed by atoms with Crippen LogP contribution in [0.3, 0.4) is 0 Å². The topological polar surface area (TPSA) is 89.9 Å². The Morgan fingerprint density at radius 1 is 1.40 bits per heavy atom. The number of aliphatic carboxylic acids is 1. The van der Waals surface area contributed by atoms with E-state index in [0.29, 0.717) is 13.0 Å². The van der Waals surface area contributed by atoms with Gasteiger partial charge in [-0.25, -0.2) is 4.79 Å². The molecule has 20 heavy (non-hydrogen) atoms. The van der Waals surface area contributed by atoms with Crippen molar-refractivity contribution in [3.8, 4) is 0 Å². The molecule has 0 fully saturated rings. The zero-order valence-electron chi connectivity index (χ0n) is 12.6. The molecule has 116 valence electrons. The average molecular weight is 286 g/mol. The Labute approximate surface area is 120 Å². The molecule has 0 rings (SSSR count). The summed E-state index contributed by atoms with van der Waals surface area (Å²) in [5.74, 6) is -0.947. The molecule has 0 aliphatic rings. The van der Waals surface area contributed by atoms with Crippen LogP contribution in [0, 0.1) is 5.41 Å². The summed E-state index contributed by atoms with van der Waals surface area (Å²) in [5, 5.41) is 20.6. The number of carbonyl (C=O) groups is 2. The van der Waals surface area contributed by atoms with Crippen molar-refractivity contribution in [2.24, 2.45) is 5.41 Å². The van der Waals surface area contributed by atoms with Gasteiger partial charge in [0.25, 0.3) is 0 Å². The number of rotatable bonds is 8. The van der Waals surface area contributed by atoms with Gasteiger partial charge < -0.3 is 20.4 Å². The Balaban J connectivity index is 4.71. The standard InChI is InChI=1S/C14H26N2O4/c1-5-6-16(7-8-17)13(20)15-11(9-12(18)19)10-14(2,3)4/h5,11,17H,1,6-10H2,2-4H3,(H,15,20)(H,18,19).